The molecule has 2 aliphatic rings. The third-order valence-corrected chi connectivity index (χ3v) is 6.01. The fraction of sp³-hybridized carbons (Fsp3) is 0.100. The van der Waals surface area contributed by atoms with Gasteiger partial charge in [-0.1, -0.05) is 12.1 Å². The monoisotopic (exact) mass is 406 g/mol. The van der Waals surface area contributed by atoms with Crippen LogP contribution in [-0.4, -0.2) is 28.8 Å². The lowest BCUT2D eigenvalue weighted by molar-refractivity contribution is 0.0878. The van der Waals surface area contributed by atoms with E-state index in [4.69, 9.17) is 5.73 Å². The van der Waals surface area contributed by atoms with Crippen LogP contribution in [0, 0.1) is 0 Å². The number of rotatable bonds is 2. The molecule has 0 saturated carbocycles. The lowest BCUT2D eigenvalue weighted by Crippen LogP contribution is -2.28. The topological polar surface area (TPSA) is 114 Å². The first-order valence-electron chi connectivity index (χ1n) is 8.85. The first-order valence-corrected chi connectivity index (χ1v) is 9.73. The van der Waals surface area contributed by atoms with Gasteiger partial charge in [-0.15, -0.1) is 11.3 Å². The second kappa shape index (κ2) is 6.14. The summed E-state index contributed by atoms with van der Waals surface area (Å²) < 4.78 is 1.18. The Hall–Kier alpha value is -3.72. The third kappa shape index (κ3) is 2.51. The number of thiophene rings is 1. The van der Waals surface area contributed by atoms with Crippen LogP contribution in [0.4, 0.5) is 11.5 Å². The molecule has 0 atom stereocenters. The van der Waals surface area contributed by atoms with Crippen LogP contribution >= 0.6 is 11.3 Å². The van der Waals surface area contributed by atoms with Gasteiger partial charge >= 0.3 is 0 Å². The first kappa shape index (κ1) is 17.4. The first-order chi connectivity index (χ1) is 14.0. The van der Waals surface area contributed by atoms with Crippen LogP contribution in [0.1, 0.15) is 36.0 Å². The Morgan fingerprint density at radius 3 is 2.69 bits per heavy atom. The van der Waals surface area contributed by atoms with Crippen LogP contribution in [0.15, 0.2) is 46.6 Å². The van der Waals surface area contributed by atoms with Crippen molar-refractivity contribution in [2.45, 2.75) is 6.42 Å². The lowest BCUT2D eigenvalue weighted by atomic mass is 10.1. The molecule has 0 bridgehead atoms. The minimum atomic E-state index is -0.636. The van der Waals surface area contributed by atoms with Gasteiger partial charge in [0.15, 0.2) is 0 Å². The number of pyridine rings is 1. The minimum absolute atomic E-state index is 0.0124. The van der Waals surface area contributed by atoms with Crippen molar-refractivity contribution in [3.05, 3.63) is 73.7 Å². The molecular formula is C20H14N4O4S. The molecule has 29 heavy (non-hydrogen) atoms. The molecule has 0 saturated heterocycles. The summed E-state index contributed by atoms with van der Waals surface area (Å²) in [6.45, 7) is 0.543. The highest BCUT2D eigenvalue weighted by Gasteiger charge is 2.32. The van der Waals surface area contributed by atoms with E-state index in [0.717, 1.165) is 11.6 Å². The van der Waals surface area contributed by atoms with Crippen molar-refractivity contribution in [1.29, 1.82) is 0 Å². The van der Waals surface area contributed by atoms with Gasteiger partial charge in [0, 0.05) is 18.3 Å². The molecule has 3 N–H and O–H groups in total. The third-order valence-electron chi connectivity index (χ3n) is 5.15. The summed E-state index contributed by atoms with van der Waals surface area (Å²) >= 11 is 1.37. The van der Waals surface area contributed by atoms with Crippen molar-refractivity contribution >= 4 is 40.6 Å². The summed E-state index contributed by atoms with van der Waals surface area (Å²) in [6.07, 6.45) is 0.707. The zero-order valence-electron chi connectivity index (χ0n) is 15.0. The van der Waals surface area contributed by atoms with Gasteiger partial charge in [-0.2, -0.15) is 0 Å². The largest absolute Gasteiger partial charge is 0.384 e. The Morgan fingerprint density at radius 1 is 1.10 bits per heavy atom. The van der Waals surface area contributed by atoms with E-state index >= 15 is 0 Å². The predicted octanol–water partition coefficient (Wildman–Crippen LogP) is 1.57. The fourth-order valence-electron chi connectivity index (χ4n) is 3.80. The number of nitrogens with zero attached hydrogens (tertiary/aromatic N) is 2. The maximum absolute atomic E-state index is 12.8. The SMILES string of the molecule is Nc1c2c(cc(=O)n1-c1ccc3c(c1)N(C(=O)c1cccs1)CC3)C(=O)NC2=O. The number of carbonyl (C=O) groups is 3. The van der Waals surface area contributed by atoms with E-state index in [1.807, 2.05) is 17.5 Å². The van der Waals surface area contributed by atoms with Crippen LogP contribution in [0.5, 0.6) is 0 Å². The molecule has 5 rings (SSSR count). The van der Waals surface area contributed by atoms with Gasteiger partial charge < -0.3 is 10.6 Å². The number of imide groups is 1. The van der Waals surface area contributed by atoms with Gasteiger partial charge in [-0.25, -0.2) is 0 Å². The van der Waals surface area contributed by atoms with Gasteiger partial charge in [0.1, 0.15) is 5.82 Å². The highest BCUT2D eigenvalue weighted by Crippen LogP contribution is 2.33. The van der Waals surface area contributed by atoms with Crippen LogP contribution in [0.25, 0.3) is 5.69 Å². The lowest BCUT2D eigenvalue weighted by Gasteiger charge is -2.18. The standard InChI is InChI=1S/C20H14N4O4S/c21-17-16-12(18(26)22-19(16)27)9-15(25)24(17)11-4-3-10-5-6-23(13(10)8-11)20(28)14-2-1-7-29-14/h1-4,7-9H,5-6,21H2,(H,22,26,27). The van der Waals surface area contributed by atoms with Crippen LogP contribution < -0.4 is 21.5 Å². The number of benzene rings is 1. The number of amides is 3. The van der Waals surface area contributed by atoms with Crippen LogP contribution in [-0.2, 0) is 6.42 Å². The number of carbonyl (C=O) groups excluding carboxylic acids is 3. The highest BCUT2D eigenvalue weighted by atomic mass is 32.1. The minimum Gasteiger partial charge on any atom is -0.384 e. The van der Waals surface area contributed by atoms with E-state index in [1.54, 1.807) is 23.1 Å². The summed E-state index contributed by atoms with van der Waals surface area (Å²) in [5.41, 5.74) is 7.66. The zero-order chi connectivity index (χ0) is 20.3. The number of fused-ring (bicyclic) bond motifs is 2. The van der Waals surface area contributed by atoms with Gasteiger partial charge in [-0.05, 0) is 35.6 Å². The van der Waals surface area contributed by atoms with Crippen molar-refractivity contribution in [2.24, 2.45) is 0 Å². The summed E-state index contributed by atoms with van der Waals surface area (Å²) in [5, 5.41) is 3.99. The highest BCUT2D eigenvalue weighted by molar-refractivity contribution is 7.12. The average Bonchev–Trinajstić information content (AvgIpc) is 3.41. The van der Waals surface area contributed by atoms with Crippen molar-refractivity contribution < 1.29 is 14.4 Å². The molecule has 144 valence electrons. The number of hydrogen-bond acceptors (Lipinski definition) is 6. The van der Waals surface area contributed by atoms with Gasteiger partial charge in [0.2, 0.25) is 0 Å². The molecule has 3 aromatic rings. The Balaban J connectivity index is 1.64. The number of nitrogens with two attached hydrogens (primary N) is 1. The van der Waals surface area contributed by atoms with E-state index in [0.29, 0.717) is 29.2 Å². The molecule has 2 aromatic heterocycles. The van der Waals surface area contributed by atoms with Crippen molar-refractivity contribution in [3.8, 4) is 5.69 Å². The number of nitrogen functional groups attached to an aromatic ring is 1. The van der Waals surface area contributed by atoms with Gasteiger partial charge in [0.25, 0.3) is 23.3 Å². The van der Waals surface area contributed by atoms with Gasteiger partial charge in [-0.3, -0.25) is 29.1 Å². The van der Waals surface area contributed by atoms with E-state index in [2.05, 4.69) is 5.32 Å². The molecule has 0 aliphatic carbocycles. The molecule has 0 radical (unpaired) electrons. The molecular weight excluding hydrogens is 392 g/mol. The quantitative estimate of drug-likeness (QED) is 0.627. The smallest absolute Gasteiger partial charge is 0.268 e. The second-order valence-electron chi connectivity index (χ2n) is 6.77. The molecule has 0 unspecified atom stereocenters. The maximum atomic E-state index is 12.8. The van der Waals surface area contributed by atoms with E-state index < -0.39 is 17.4 Å². The predicted molar refractivity (Wildman–Crippen MR) is 108 cm³/mol. The van der Waals surface area contributed by atoms with Crippen molar-refractivity contribution in [3.63, 3.8) is 0 Å². The molecule has 8 nitrogen and oxygen atoms in total. The van der Waals surface area contributed by atoms with Crippen LogP contribution in [0.3, 0.4) is 0 Å². The maximum Gasteiger partial charge on any atom is 0.268 e. The summed E-state index contributed by atoms with van der Waals surface area (Å²) in [5.74, 6) is -1.48. The van der Waals surface area contributed by atoms with Gasteiger partial charge in [0.05, 0.1) is 21.7 Å². The number of aromatic nitrogens is 1. The molecule has 9 heteroatoms. The summed E-state index contributed by atoms with van der Waals surface area (Å²) in [4.78, 5) is 51.7. The van der Waals surface area contributed by atoms with E-state index in [1.165, 1.54) is 15.9 Å². The molecule has 4 heterocycles. The van der Waals surface area contributed by atoms with Crippen LogP contribution in [0.2, 0.25) is 0 Å². The summed E-state index contributed by atoms with van der Waals surface area (Å²) in [6, 6.07) is 9.98. The van der Waals surface area contributed by atoms with Crippen molar-refractivity contribution in [2.75, 3.05) is 17.2 Å². The molecule has 0 fully saturated rings. The Labute approximate surface area is 168 Å². The Morgan fingerprint density at radius 2 is 1.93 bits per heavy atom. The van der Waals surface area contributed by atoms with E-state index in [-0.39, 0.29) is 22.9 Å². The number of hydrogen-bond donors (Lipinski definition) is 2. The Kier molecular flexibility index (Phi) is 3.68. The zero-order valence-corrected chi connectivity index (χ0v) is 15.8. The Bertz CT molecular complexity index is 1280. The molecule has 3 amide bonds. The molecule has 2 aliphatic heterocycles. The van der Waals surface area contributed by atoms with E-state index in [9.17, 15) is 19.2 Å². The fourth-order valence-corrected chi connectivity index (χ4v) is 4.47. The molecule has 0 spiro atoms. The number of anilines is 2. The van der Waals surface area contributed by atoms with Crippen molar-refractivity contribution in [1.82, 2.24) is 9.88 Å². The normalized spacial score (nSPS) is 14.7. The number of nitrogens with one attached hydrogen (secondary N) is 1. The average molecular weight is 406 g/mol. The summed E-state index contributed by atoms with van der Waals surface area (Å²) in [7, 11) is 0. The molecule has 1 aromatic carbocycles. The second-order valence-corrected chi connectivity index (χ2v) is 7.72.